The van der Waals surface area contributed by atoms with Gasteiger partial charge in [0.1, 0.15) is 5.75 Å². The molecular formula is C19H19F2NO4S. The number of nitrogens with one attached hydrogen (secondary N) is 1. The molecule has 27 heavy (non-hydrogen) atoms. The Morgan fingerprint density at radius 1 is 1.15 bits per heavy atom. The molecule has 0 radical (unpaired) electrons. The van der Waals surface area contributed by atoms with E-state index < -0.39 is 30.3 Å². The van der Waals surface area contributed by atoms with Gasteiger partial charge in [-0.15, -0.1) is 0 Å². The Morgan fingerprint density at radius 2 is 1.85 bits per heavy atom. The summed E-state index contributed by atoms with van der Waals surface area (Å²) in [5.41, 5.74) is 1.41. The number of thioether (sulfide) groups is 1. The first-order valence-corrected chi connectivity index (χ1v) is 8.96. The van der Waals surface area contributed by atoms with Crippen molar-refractivity contribution in [2.45, 2.75) is 30.6 Å². The molecule has 1 amide bonds. The number of anilines is 1. The van der Waals surface area contributed by atoms with E-state index in [1.807, 2.05) is 13.0 Å². The molecule has 0 fully saturated rings. The van der Waals surface area contributed by atoms with Crippen LogP contribution in [0, 0.1) is 6.92 Å². The average Bonchev–Trinajstić information content (AvgIpc) is 2.61. The second kappa shape index (κ2) is 9.91. The van der Waals surface area contributed by atoms with Gasteiger partial charge in [0.15, 0.2) is 12.7 Å². The van der Waals surface area contributed by atoms with Crippen molar-refractivity contribution in [1.29, 1.82) is 0 Å². The predicted octanol–water partition coefficient (Wildman–Crippen LogP) is 4.26. The summed E-state index contributed by atoms with van der Waals surface area (Å²) in [5.74, 6) is -3.18. The third-order valence-corrected chi connectivity index (χ3v) is 4.07. The fraction of sp³-hybridized carbons (Fsp3) is 0.263. The predicted molar refractivity (Wildman–Crippen MR) is 99.2 cm³/mol. The van der Waals surface area contributed by atoms with Crippen LogP contribution in [-0.4, -0.2) is 30.3 Å². The van der Waals surface area contributed by atoms with E-state index >= 15 is 0 Å². The minimum absolute atomic E-state index is 0.386. The van der Waals surface area contributed by atoms with Crippen LogP contribution in [0.15, 0.2) is 53.4 Å². The van der Waals surface area contributed by atoms with Gasteiger partial charge in [0.25, 0.3) is 11.7 Å². The van der Waals surface area contributed by atoms with Crippen LogP contribution in [0.3, 0.4) is 0 Å². The number of carbonyl (C=O) groups excluding carboxylic acids is 2. The van der Waals surface area contributed by atoms with Crippen LogP contribution < -0.4 is 10.1 Å². The molecule has 0 aliphatic rings. The van der Waals surface area contributed by atoms with Crippen molar-refractivity contribution in [3.63, 3.8) is 0 Å². The van der Waals surface area contributed by atoms with Crippen LogP contribution in [0.1, 0.15) is 12.5 Å². The second-order valence-electron chi connectivity index (χ2n) is 5.64. The zero-order valence-electron chi connectivity index (χ0n) is 14.8. The van der Waals surface area contributed by atoms with E-state index in [4.69, 9.17) is 9.47 Å². The lowest BCUT2D eigenvalue weighted by molar-refractivity contribution is -0.153. The first-order chi connectivity index (χ1) is 12.8. The highest BCUT2D eigenvalue weighted by atomic mass is 32.2. The number of aryl methyl sites for hydroxylation is 1. The Kier molecular flexibility index (Phi) is 7.60. The molecular weight excluding hydrogens is 376 g/mol. The molecule has 0 spiro atoms. The summed E-state index contributed by atoms with van der Waals surface area (Å²) in [6.07, 6.45) is -0.870. The summed E-state index contributed by atoms with van der Waals surface area (Å²) in [4.78, 5) is 24.2. The number of hydrogen-bond donors (Lipinski definition) is 1. The molecule has 0 unspecified atom stereocenters. The lowest BCUT2D eigenvalue weighted by Crippen LogP contribution is -2.29. The minimum atomic E-state index is -2.51. The van der Waals surface area contributed by atoms with Crippen LogP contribution in [0.2, 0.25) is 0 Å². The van der Waals surface area contributed by atoms with E-state index in [-0.39, 0.29) is 0 Å². The first-order valence-electron chi connectivity index (χ1n) is 8.08. The topological polar surface area (TPSA) is 64.6 Å². The highest BCUT2D eigenvalue weighted by Crippen LogP contribution is 2.26. The average molecular weight is 395 g/mol. The number of rotatable bonds is 8. The van der Waals surface area contributed by atoms with E-state index in [1.54, 1.807) is 18.2 Å². The number of alkyl halides is 2. The van der Waals surface area contributed by atoms with Gasteiger partial charge in [0.05, 0.1) is 0 Å². The van der Waals surface area contributed by atoms with E-state index in [9.17, 15) is 18.4 Å². The molecule has 2 aromatic carbocycles. The zero-order valence-corrected chi connectivity index (χ0v) is 15.6. The molecule has 1 N–H and O–H groups in total. The van der Waals surface area contributed by atoms with Crippen molar-refractivity contribution in [1.82, 2.24) is 0 Å². The van der Waals surface area contributed by atoms with Gasteiger partial charge in [-0.2, -0.15) is 8.78 Å². The van der Waals surface area contributed by atoms with Crippen LogP contribution >= 0.6 is 11.8 Å². The maximum atomic E-state index is 12.3. The largest absolute Gasteiger partial charge is 0.479 e. The van der Waals surface area contributed by atoms with Crippen molar-refractivity contribution < 1.29 is 27.8 Å². The van der Waals surface area contributed by atoms with Gasteiger partial charge in [-0.25, -0.2) is 4.79 Å². The van der Waals surface area contributed by atoms with Crippen molar-refractivity contribution >= 4 is 29.3 Å². The molecule has 8 heteroatoms. The van der Waals surface area contributed by atoms with Gasteiger partial charge >= 0.3 is 5.97 Å². The molecule has 144 valence electrons. The quantitative estimate of drug-likeness (QED) is 0.535. The standard InChI is InChI=1S/C19H19F2NO4S/c1-12-4-3-5-15(10-12)26-13(2)18(24)25-11-17(23)22-14-6-8-16(9-7-14)27-19(20)21/h3-10,13,19H,11H2,1-2H3,(H,22,23)/t13-/m1/s1. The second-order valence-corrected chi connectivity index (χ2v) is 6.70. The number of amides is 1. The summed E-state index contributed by atoms with van der Waals surface area (Å²) in [6.45, 7) is 2.95. The fourth-order valence-corrected chi connectivity index (χ4v) is 2.61. The summed E-state index contributed by atoms with van der Waals surface area (Å²) in [6, 6.07) is 13.1. The summed E-state index contributed by atoms with van der Waals surface area (Å²) < 4.78 is 34.9. The maximum absolute atomic E-state index is 12.3. The Labute approximate surface area is 160 Å². The van der Waals surface area contributed by atoms with Crippen molar-refractivity contribution in [2.75, 3.05) is 11.9 Å². The van der Waals surface area contributed by atoms with E-state index in [1.165, 1.54) is 31.2 Å². The van der Waals surface area contributed by atoms with Gasteiger partial charge in [-0.05, 0) is 55.8 Å². The Bertz CT molecular complexity index is 784. The molecule has 2 rings (SSSR count). The molecule has 0 saturated heterocycles. The van der Waals surface area contributed by atoms with Crippen molar-refractivity contribution in [3.8, 4) is 5.75 Å². The summed E-state index contributed by atoms with van der Waals surface area (Å²) >= 11 is 0.416. The van der Waals surface area contributed by atoms with Crippen LogP contribution in [-0.2, 0) is 14.3 Å². The van der Waals surface area contributed by atoms with Crippen LogP contribution in [0.25, 0.3) is 0 Å². The zero-order chi connectivity index (χ0) is 19.8. The monoisotopic (exact) mass is 395 g/mol. The van der Waals surface area contributed by atoms with Gasteiger partial charge in [-0.1, -0.05) is 23.9 Å². The Balaban J connectivity index is 1.77. The van der Waals surface area contributed by atoms with Crippen molar-refractivity contribution in [2.24, 2.45) is 0 Å². The minimum Gasteiger partial charge on any atom is -0.479 e. The maximum Gasteiger partial charge on any atom is 0.347 e. The third kappa shape index (κ3) is 7.26. The number of benzene rings is 2. The molecule has 0 saturated carbocycles. The fourth-order valence-electron chi connectivity index (χ4n) is 2.11. The summed E-state index contributed by atoms with van der Waals surface area (Å²) in [7, 11) is 0. The lowest BCUT2D eigenvalue weighted by Gasteiger charge is -2.14. The summed E-state index contributed by atoms with van der Waals surface area (Å²) in [5, 5.41) is 2.52. The third-order valence-electron chi connectivity index (χ3n) is 3.34. The van der Waals surface area contributed by atoms with Crippen LogP contribution in [0.5, 0.6) is 5.75 Å². The Morgan fingerprint density at radius 3 is 2.48 bits per heavy atom. The number of carbonyl (C=O) groups is 2. The van der Waals surface area contributed by atoms with Gasteiger partial charge in [0.2, 0.25) is 0 Å². The van der Waals surface area contributed by atoms with E-state index in [2.05, 4.69) is 5.32 Å². The number of esters is 1. The van der Waals surface area contributed by atoms with E-state index in [0.29, 0.717) is 28.1 Å². The first kappa shape index (κ1) is 20.7. The molecule has 2 aromatic rings. The smallest absolute Gasteiger partial charge is 0.347 e. The van der Waals surface area contributed by atoms with Crippen molar-refractivity contribution in [3.05, 3.63) is 54.1 Å². The molecule has 0 aliphatic carbocycles. The number of halogens is 2. The number of hydrogen-bond acceptors (Lipinski definition) is 5. The molecule has 0 aromatic heterocycles. The van der Waals surface area contributed by atoms with E-state index in [0.717, 1.165) is 5.56 Å². The normalized spacial score (nSPS) is 11.7. The van der Waals surface area contributed by atoms with Crippen LogP contribution in [0.4, 0.5) is 14.5 Å². The highest BCUT2D eigenvalue weighted by Gasteiger charge is 2.18. The van der Waals surface area contributed by atoms with Gasteiger partial charge in [-0.3, -0.25) is 4.79 Å². The molecule has 0 bridgehead atoms. The Hall–Kier alpha value is -2.61. The SMILES string of the molecule is Cc1cccc(O[C@H](C)C(=O)OCC(=O)Nc2ccc(SC(F)F)cc2)c1. The molecule has 0 aliphatic heterocycles. The molecule has 5 nitrogen and oxygen atoms in total. The molecule has 0 heterocycles. The van der Waals surface area contributed by atoms with Gasteiger partial charge in [0, 0.05) is 10.6 Å². The molecule has 1 atom stereocenters. The van der Waals surface area contributed by atoms with Gasteiger partial charge < -0.3 is 14.8 Å². The number of ether oxygens (including phenoxy) is 2. The highest BCUT2D eigenvalue weighted by molar-refractivity contribution is 7.99. The lowest BCUT2D eigenvalue weighted by atomic mass is 10.2.